The van der Waals surface area contributed by atoms with E-state index in [-0.39, 0.29) is 0 Å². The summed E-state index contributed by atoms with van der Waals surface area (Å²) in [6, 6.07) is 0. The van der Waals surface area contributed by atoms with Crippen LogP contribution >= 0.6 is 34.8 Å². The monoisotopic (exact) mass is 322 g/mol. The van der Waals surface area contributed by atoms with E-state index in [0.29, 0.717) is 0 Å². The topological polar surface area (TPSA) is 78.9 Å². The molecule has 0 saturated heterocycles. The first-order valence-corrected chi connectivity index (χ1v) is 7.01. The Morgan fingerprint density at radius 1 is 0.824 bits per heavy atom. The van der Waals surface area contributed by atoms with Crippen molar-refractivity contribution in [2.24, 2.45) is 0 Å². The van der Waals surface area contributed by atoms with Crippen LogP contribution in [-0.4, -0.2) is 30.1 Å². The molecule has 6 nitrogen and oxygen atoms in total. The maximum Gasteiger partial charge on any atom is 0.760 e. The van der Waals surface area contributed by atoms with Crippen LogP contribution < -0.4 is 0 Å². The van der Waals surface area contributed by atoms with Crippen molar-refractivity contribution < 1.29 is 27.7 Å². The predicted octanol–water partition coefficient (Wildman–Crippen LogP) is 1.52. The van der Waals surface area contributed by atoms with Crippen molar-refractivity contribution in [1.29, 1.82) is 0 Å². The van der Waals surface area contributed by atoms with Gasteiger partial charge in [-0.25, -0.2) is 0 Å². The molecule has 0 rings (SSSR count). The van der Waals surface area contributed by atoms with Crippen LogP contribution in [0.3, 0.4) is 0 Å². The number of hydrogen-bond acceptors (Lipinski definition) is 6. The number of rotatable bonds is 3. The Bertz CT molecular complexity index is 298. The van der Waals surface area contributed by atoms with Crippen LogP contribution in [0.15, 0.2) is 0 Å². The zero-order chi connectivity index (χ0) is 13.9. The number of carbonyl (C=O) groups excluding carboxylic acids is 3. The van der Waals surface area contributed by atoms with E-state index >= 15 is 0 Å². The van der Waals surface area contributed by atoms with Crippen LogP contribution in [0, 0.1) is 0 Å². The summed E-state index contributed by atoms with van der Waals surface area (Å²) >= 11 is 16.6. The van der Waals surface area contributed by atoms with Gasteiger partial charge in [-0.2, -0.15) is 0 Å². The van der Waals surface area contributed by atoms with Gasteiger partial charge in [0.1, 0.15) is 0 Å². The molecule has 0 radical (unpaired) electrons. The predicted molar refractivity (Wildman–Crippen MR) is 61.3 cm³/mol. The molecule has 0 atom stereocenters. The van der Waals surface area contributed by atoms with Crippen LogP contribution in [0.4, 0.5) is 0 Å². The average Bonchev–Trinajstić information content (AvgIpc) is 1.96. The number of hydrogen-bond donors (Lipinski definition) is 0. The minimum Gasteiger partial charge on any atom is -0.453 e. The molecule has 10 heteroatoms. The second-order valence-electron chi connectivity index (χ2n) is 2.83. The molecule has 0 aliphatic rings. The van der Waals surface area contributed by atoms with Crippen LogP contribution in [-0.2, 0) is 27.7 Å². The minimum atomic E-state index is -4.44. The van der Waals surface area contributed by atoms with Gasteiger partial charge in [-0.15, -0.1) is 0 Å². The fraction of sp³-hybridized carbons (Fsp3) is 0.571. The van der Waals surface area contributed by atoms with E-state index in [1.807, 2.05) is 0 Å². The maximum atomic E-state index is 10.9. The Hall–Kier alpha value is -0.503. The second-order valence-corrected chi connectivity index (χ2v) is 8.54. The van der Waals surface area contributed by atoms with Crippen LogP contribution in [0.1, 0.15) is 20.8 Å². The lowest BCUT2D eigenvalue weighted by Crippen LogP contribution is -2.59. The molecule has 17 heavy (non-hydrogen) atoms. The molecule has 0 aliphatic heterocycles. The van der Waals surface area contributed by atoms with E-state index < -0.39 is 30.1 Å². The molecule has 0 unspecified atom stereocenters. The van der Waals surface area contributed by atoms with Gasteiger partial charge in [0.2, 0.25) is 0 Å². The summed E-state index contributed by atoms with van der Waals surface area (Å²) in [4.78, 5) is 32.8. The number of alkyl halides is 3. The minimum absolute atomic E-state index is 0.912. The van der Waals surface area contributed by atoms with Crippen molar-refractivity contribution in [1.82, 2.24) is 0 Å². The lowest BCUT2D eigenvalue weighted by atomic mass is 10.9. The highest BCUT2D eigenvalue weighted by Crippen LogP contribution is 2.39. The summed E-state index contributed by atoms with van der Waals surface area (Å²) in [7, 11) is -4.44. The normalized spacial score (nSPS) is 11.6. The quantitative estimate of drug-likeness (QED) is 0.579. The number of halogens is 3. The Morgan fingerprint density at radius 3 is 1.18 bits per heavy atom. The molecule has 0 aromatic rings. The lowest BCUT2D eigenvalue weighted by molar-refractivity contribution is -0.147. The highest BCUT2D eigenvalue weighted by molar-refractivity contribution is 6.97. The van der Waals surface area contributed by atoms with Gasteiger partial charge in [0.25, 0.3) is 21.3 Å². The highest BCUT2D eigenvalue weighted by atomic mass is 35.6. The molecular weight excluding hydrogens is 315 g/mol. The van der Waals surface area contributed by atoms with E-state index in [2.05, 4.69) is 13.3 Å². The first-order chi connectivity index (χ1) is 7.50. The molecule has 0 saturated carbocycles. The average molecular weight is 324 g/mol. The third-order valence-corrected chi connectivity index (χ3v) is 5.63. The SMILES string of the molecule is CC(=O)O[Si](OC(C)=O)(OC(C)=O)C(Cl)(Cl)Cl. The van der Waals surface area contributed by atoms with Gasteiger partial charge in [-0.05, 0) is 0 Å². The molecule has 0 spiro atoms. The maximum absolute atomic E-state index is 10.9. The molecule has 0 heterocycles. The van der Waals surface area contributed by atoms with E-state index in [4.69, 9.17) is 34.8 Å². The third-order valence-electron chi connectivity index (χ3n) is 1.18. The fourth-order valence-electron chi connectivity index (χ4n) is 0.804. The molecule has 0 N–H and O–H groups in total. The van der Waals surface area contributed by atoms with Crippen molar-refractivity contribution >= 4 is 61.5 Å². The van der Waals surface area contributed by atoms with Gasteiger partial charge in [-0.1, -0.05) is 34.8 Å². The lowest BCUT2D eigenvalue weighted by Gasteiger charge is -2.30. The summed E-state index contributed by atoms with van der Waals surface area (Å²) in [5.41, 5.74) is 0. The summed E-state index contributed by atoms with van der Waals surface area (Å²) in [6.07, 6.45) is 0. The molecule has 0 aromatic heterocycles. The molecule has 0 aromatic carbocycles. The van der Waals surface area contributed by atoms with Crippen LogP contribution in [0.2, 0.25) is 0 Å². The zero-order valence-corrected chi connectivity index (χ0v) is 12.4. The van der Waals surface area contributed by atoms with Crippen molar-refractivity contribution in [3.63, 3.8) is 0 Å². The molecule has 0 amide bonds. The van der Waals surface area contributed by atoms with Crippen molar-refractivity contribution in [2.75, 3.05) is 0 Å². The largest absolute Gasteiger partial charge is 0.760 e. The van der Waals surface area contributed by atoms with Gasteiger partial charge >= 0.3 is 8.80 Å². The van der Waals surface area contributed by atoms with Gasteiger partial charge in [0, 0.05) is 20.8 Å². The highest BCUT2D eigenvalue weighted by Gasteiger charge is 2.69. The Morgan fingerprint density at radius 2 is 1.06 bits per heavy atom. The number of carbonyl (C=O) groups is 3. The molecular formula is C7H9Cl3O6Si. The summed E-state index contributed by atoms with van der Waals surface area (Å²) in [5, 5.41) is 0. The molecule has 0 fully saturated rings. The van der Waals surface area contributed by atoms with Gasteiger partial charge in [0.05, 0.1) is 0 Å². The summed E-state index contributed by atoms with van der Waals surface area (Å²) in [6.45, 7) is 2.97. The first kappa shape index (κ1) is 16.5. The smallest absolute Gasteiger partial charge is 0.453 e. The van der Waals surface area contributed by atoms with Gasteiger partial charge in [-0.3, -0.25) is 14.4 Å². The summed E-state index contributed by atoms with van der Waals surface area (Å²) < 4.78 is 11.6. The van der Waals surface area contributed by atoms with E-state index in [1.165, 1.54) is 0 Å². The molecule has 98 valence electrons. The molecule has 0 bridgehead atoms. The van der Waals surface area contributed by atoms with Crippen molar-refractivity contribution in [3.05, 3.63) is 0 Å². The zero-order valence-electron chi connectivity index (χ0n) is 9.08. The Balaban J connectivity index is 5.42. The van der Waals surface area contributed by atoms with Crippen molar-refractivity contribution in [3.8, 4) is 0 Å². The van der Waals surface area contributed by atoms with E-state index in [0.717, 1.165) is 20.8 Å². The van der Waals surface area contributed by atoms with Crippen LogP contribution in [0.5, 0.6) is 0 Å². The van der Waals surface area contributed by atoms with Gasteiger partial charge < -0.3 is 13.3 Å². The fourth-order valence-corrected chi connectivity index (χ4v) is 3.45. The van der Waals surface area contributed by atoms with E-state index in [9.17, 15) is 14.4 Å². The third kappa shape index (κ3) is 5.11. The Kier molecular flexibility index (Phi) is 5.72. The molecule has 0 aliphatic carbocycles. The van der Waals surface area contributed by atoms with E-state index in [1.54, 1.807) is 0 Å². The Labute approximate surface area is 113 Å². The summed E-state index contributed by atoms with van der Waals surface area (Å²) in [5.74, 6) is -2.73. The van der Waals surface area contributed by atoms with Crippen molar-refractivity contribution in [2.45, 2.75) is 24.2 Å². The van der Waals surface area contributed by atoms with Gasteiger partial charge in [0.15, 0.2) is 0 Å². The van der Waals surface area contributed by atoms with Crippen LogP contribution in [0.25, 0.3) is 0 Å². The first-order valence-electron chi connectivity index (χ1n) is 4.15. The standard InChI is InChI=1S/C7H9Cl3O6Si/c1-4(11)14-17(7(8,9)10,15-5(2)12)16-6(3)13/h1-3H3. The second kappa shape index (κ2) is 5.90.